The van der Waals surface area contributed by atoms with Crippen molar-refractivity contribution in [1.82, 2.24) is 20.9 Å². The van der Waals surface area contributed by atoms with Crippen molar-refractivity contribution >= 4 is 11.9 Å². The zero-order valence-corrected chi connectivity index (χ0v) is 19.5. The SMILES string of the molecule is COc1ccnc(CNC(=O)c2cc(CNC3=NCCN3)cc(-c3cc(C)c(F)cc3C)c2)c1. The predicted molar refractivity (Wildman–Crippen MR) is 130 cm³/mol. The van der Waals surface area contributed by atoms with E-state index < -0.39 is 0 Å². The van der Waals surface area contributed by atoms with Crippen molar-refractivity contribution in [2.24, 2.45) is 4.99 Å². The van der Waals surface area contributed by atoms with Gasteiger partial charge >= 0.3 is 0 Å². The van der Waals surface area contributed by atoms with E-state index >= 15 is 0 Å². The van der Waals surface area contributed by atoms with Crippen molar-refractivity contribution in [2.75, 3.05) is 20.2 Å². The number of methoxy groups -OCH3 is 1. The zero-order chi connectivity index (χ0) is 24.1. The van der Waals surface area contributed by atoms with Crippen LogP contribution in [0.25, 0.3) is 11.1 Å². The normalized spacial score (nSPS) is 12.6. The molecule has 0 atom stereocenters. The van der Waals surface area contributed by atoms with E-state index in [0.717, 1.165) is 41.3 Å². The molecule has 3 aromatic rings. The molecule has 0 fully saturated rings. The Labute approximate surface area is 198 Å². The Hall–Kier alpha value is -3.94. The van der Waals surface area contributed by atoms with Crippen molar-refractivity contribution in [3.8, 4) is 16.9 Å². The summed E-state index contributed by atoms with van der Waals surface area (Å²) in [6, 6.07) is 12.6. The summed E-state index contributed by atoms with van der Waals surface area (Å²) < 4.78 is 19.3. The van der Waals surface area contributed by atoms with Gasteiger partial charge in [-0.3, -0.25) is 14.8 Å². The minimum atomic E-state index is -0.242. The van der Waals surface area contributed by atoms with Crippen LogP contribution in [0.2, 0.25) is 0 Å². The van der Waals surface area contributed by atoms with Crippen molar-refractivity contribution in [2.45, 2.75) is 26.9 Å². The van der Waals surface area contributed by atoms with Gasteiger partial charge in [-0.25, -0.2) is 4.39 Å². The number of amides is 1. The molecule has 0 spiro atoms. The second-order valence-corrected chi connectivity index (χ2v) is 8.22. The molecular weight excluding hydrogens is 433 g/mol. The number of rotatable bonds is 7. The summed E-state index contributed by atoms with van der Waals surface area (Å²) in [5.41, 5.74) is 5.23. The van der Waals surface area contributed by atoms with Crippen molar-refractivity contribution in [1.29, 1.82) is 0 Å². The van der Waals surface area contributed by atoms with E-state index in [1.54, 1.807) is 32.4 Å². The van der Waals surface area contributed by atoms with E-state index in [4.69, 9.17) is 4.74 Å². The van der Waals surface area contributed by atoms with Gasteiger partial charge in [0.15, 0.2) is 5.96 Å². The van der Waals surface area contributed by atoms with Crippen molar-refractivity contribution < 1.29 is 13.9 Å². The second kappa shape index (κ2) is 10.3. The molecule has 0 radical (unpaired) electrons. The molecule has 34 heavy (non-hydrogen) atoms. The summed E-state index contributed by atoms with van der Waals surface area (Å²) >= 11 is 0. The lowest BCUT2D eigenvalue weighted by molar-refractivity contribution is 0.0950. The fourth-order valence-corrected chi connectivity index (χ4v) is 3.83. The molecule has 1 aromatic heterocycles. The zero-order valence-electron chi connectivity index (χ0n) is 19.5. The minimum Gasteiger partial charge on any atom is -0.497 e. The van der Waals surface area contributed by atoms with E-state index in [9.17, 15) is 9.18 Å². The van der Waals surface area contributed by atoms with E-state index in [-0.39, 0.29) is 18.3 Å². The first-order valence-corrected chi connectivity index (χ1v) is 11.1. The Morgan fingerprint density at radius 1 is 1.12 bits per heavy atom. The average molecular weight is 462 g/mol. The highest BCUT2D eigenvalue weighted by Crippen LogP contribution is 2.28. The van der Waals surface area contributed by atoms with Crippen molar-refractivity contribution in [3.05, 3.63) is 82.4 Å². The minimum absolute atomic E-state index is 0.222. The molecule has 1 amide bonds. The van der Waals surface area contributed by atoms with E-state index in [0.29, 0.717) is 29.1 Å². The number of pyridine rings is 1. The van der Waals surface area contributed by atoms with Crippen LogP contribution in [0, 0.1) is 19.7 Å². The van der Waals surface area contributed by atoms with Gasteiger partial charge in [-0.2, -0.15) is 0 Å². The van der Waals surface area contributed by atoms with Crippen molar-refractivity contribution in [3.63, 3.8) is 0 Å². The van der Waals surface area contributed by atoms with Gasteiger partial charge in [0, 0.05) is 30.9 Å². The summed E-state index contributed by atoms with van der Waals surface area (Å²) in [5.74, 6) is 0.961. The van der Waals surface area contributed by atoms with E-state index in [1.165, 1.54) is 6.07 Å². The quantitative estimate of drug-likeness (QED) is 0.501. The third-order valence-corrected chi connectivity index (χ3v) is 5.66. The van der Waals surface area contributed by atoms with Crippen LogP contribution in [0.4, 0.5) is 4.39 Å². The molecule has 8 heteroatoms. The molecule has 2 aromatic carbocycles. The maximum absolute atomic E-state index is 14.1. The Morgan fingerprint density at radius 2 is 1.97 bits per heavy atom. The number of aryl methyl sites for hydroxylation is 2. The summed E-state index contributed by atoms with van der Waals surface area (Å²) in [6.07, 6.45) is 1.64. The van der Waals surface area contributed by atoms with E-state index in [1.807, 2.05) is 31.2 Å². The van der Waals surface area contributed by atoms with Crippen LogP contribution in [-0.2, 0) is 13.1 Å². The number of carbonyl (C=O) groups excluding carboxylic acids is 1. The molecule has 1 aliphatic rings. The van der Waals surface area contributed by atoms with Gasteiger partial charge in [0.05, 0.1) is 25.9 Å². The highest BCUT2D eigenvalue weighted by molar-refractivity contribution is 5.96. The van der Waals surface area contributed by atoms with Crippen LogP contribution < -0.4 is 20.7 Å². The number of guanidine groups is 1. The third-order valence-electron chi connectivity index (χ3n) is 5.66. The molecule has 3 N–H and O–H groups in total. The van der Waals surface area contributed by atoms with E-state index in [2.05, 4.69) is 25.9 Å². The number of hydrogen-bond donors (Lipinski definition) is 3. The van der Waals surface area contributed by atoms with Crippen LogP contribution in [0.5, 0.6) is 5.75 Å². The number of benzene rings is 2. The second-order valence-electron chi connectivity index (χ2n) is 8.22. The third kappa shape index (κ3) is 5.51. The molecule has 1 aliphatic heterocycles. The van der Waals surface area contributed by atoms with Gasteiger partial charge in [-0.05, 0) is 78.1 Å². The predicted octanol–water partition coefficient (Wildman–Crippen LogP) is 3.49. The van der Waals surface area contributed by atoms with Crippen LogP contribution in [0.15, 0.2) is 53.7 Å². The van der Waals surface area contributed by atoms with Gasteiger partial charge in [-0.1, -0.05) is 0 Å². The summed E-state index contributed by atoms with van der Waals surface area (Å²) in [4.78, 5) is 21.7. The molecule has 2 heterocycles. The standard InChI is InChI=1S/C26H28FN5O2/c1-16-9-24(27)17(2)8-23(16)19-10-18(14-32-26-29-6-7-30-26)11-20(12-19)25(33)31-15-21-13-22(34-3)4-5-28-21/h4-5,8-13H,6-7,14-15H2,1-3H3,(H,31,33)(H2,29,30,32). The van der Waals surface area contributed by atoms with Gasteiger partial charge < -0.3 is 20.7 Å². The summed E-state index contributed by atoms with van der Waals surface area (Å²) in [6.45, 7) is 5.92. The lowest BCUT2D eigenvalue weighted by atomic mass is 9.94. The molecule has 7 nitrogen and oxygen atoms in total. The molecule has 176 valence electrons. The monoisotopic (exact) mass is 461 g/mol. The highest BCUT2D eigenvalue weighted by atomic mass is 19.1. The fraction of sp³-hybridized carbons (Fsp3) is 0.269. The number of aliphatic imine (C=N–C) groups is 1. The highest BCUT2D eigenvalue weighted by Gasteiger charge is 2.14. The Kier molecular flexibility index (Phi) is 7.06. The molecular formula is C26H28FN5O2. The number of aromatic nitrogens is 1. The van der Waals surface area contributed by atoms with Crippen LogP contribution in [0.1, 0.15) is 32.7 Å². The Balaban J connectivity index is 1.61. The molecule has 4 rings (SSSR count). The molecule has 0 unspecified atom stereocenters. The number of nitrogens with one attached hydrogen (secondary N) is 3. The number of hydrogen-bond acceptors (Lipinski definition) is 6. The maximum Gasteiger partial charge on any atom is 0.251 e. The van der Waals surface area contributed by atoms with Crippen LogP contribution in [0.3, 0.4) is 0 Å². The maximum atomic E-state index is 14.1. The van der Waals surface area contributed by atoms with Gasteiger partial charge in [-0.15, -0.1) is 0 Å². The Bertz CT molecular complexity index is 1240. The molecule has 0 bridgehead atoms. The van der Waals surface area contributed by atoms with Crippen LogP contribution >= 0.6 is 0 Å². The first kappa shape index (κ1) is 23.2. The summed E-state index contributed by atoms with van der Waals surface area (Å²) in [5, 5.41) is 9.38. The lowest BCUT2D eigenvalue weighted by Gasteiger charge is -2.14. The van der Waals surface area contributed by atoms with Gasteiger partial charge in [0.1, 0.15) is 11.6 Å². The van der Waals surface area contributed by atoms with Gasteiger partial charge in [0.25, 0.3) is 5.91 Å². The number of halogens is 1. The molecule has 0 aliphatic carbocycles. The number of carbonyl (C=O) groups is 1. The summed E-state index contributed by atoms with van der Waals surface area (Å²) in [7, 11) is 1.59. The Morgan fingerprint density at radius 3 is 2.74 bits per heavy atom. The number of nitrogens with zero attached hydrogens (tertiary/aromatic N) is 2. The average Bonchev–Trinajstić information content (AvgIpc) is 3.37. The van der Waals surface area contributed by atoms with Gasteiger partial charge in [0.2, 0.25) is 0 Å². The lowest BCUT2D eigenvalue weighted by Crippen LogP contribution is -2.33. The fourth-order valence-electron chi connectivity index (χ4n) is 3.83. The topological polar surface area (TPSA) is 87.6 Å². The first-order chi connectivity index (χ1) is 16.4. The largest absolute Gasteiger partial charge is 0.497 e. The molecule has 0 saturated carbocycles. The van der Waals surface area contributed by atoms with Crippen LogP contribution in [-0.4, -0.2) is 37.1 Å². The smallest absolute Gasteiger partial charge is 0.251 e. The first-order valence-electron chi connectivity index (χ1n) is 11.1. The molecule has 0 saturated heterocycles. The number of ether oxygens (including phenoxy) is 1.